The maximum Gasteiger partial charge on any atom is 0.322 e. The number of carbonyl (C=O) groups excluding carboxylic acids is 1. The van der Waals surface area contributed by atoms with Gasteiger partial charge in [-0.05, 0) is 5.56 Å². The van der Waals surface area contributed by atoms with E-state index in [1.165, 1.54) is 18.6 Å². The molecule has 21 heavy (non-hydrogen) atoms. The molecule has 0 saturated carbocycles. The van der Waals surface area contributed by atoms with Gasteiger partial charge in [0.1, 0.15) is 5.69 Å². The molecule has 3 aromatic rings. The maximum atomic E-state index is 11.8. The minimum atomic E-state index is -0.446. The van der Waals surface area contributed by atoms with Crippen molar-refractivity contribution in [3.05, 3.63) is 66.1 Å². The molecule has 7 heteroatoms. The van der Waals surface area contributed by atoms with E-state index in [1.54, 1.807) is 0 Å². The summed E-state index contributed by atoms with van der Waals surface area (Å²) in [5.74, 6) is -0.0198. The molecule has 7 nitrogen and oxygen atoms in total. The maximum absolute atomic E-state index is 11.8. The van der Waals surface area contributed by atoms with Crippen molar-refractivity contribution in [1.29, 1.82) is 0 Å². The van der Waals surface area contributed by atoms with E-state index >= 15 is 0 Å². The van der Waals surface area contributed by atoms with Crippen LogP contribution in [0.25, 0.3) is 0 Å². The largest absolute Gasteiger partial charge is 0.407 e. The highest BCUT2D eigenvalue weighted by molar-refractivity contribution is 6.01. The molecule has 0 atom stereocenters. The summed E-state index contributed by atoms with van der Waals surface area (Å²) in [6.07, 6.45) is 4.79. The Kier molecular flexibility index (Phi) is 3.64. The number of nitrogens with one attached hydrogen (secondary N) is 1. The van der Waals surface area contributed by atoms with E-state index in [9.17, 15) is 4.79 Å². The van der Waals surface area contributed by atoms with Crippen LogP contribution in [0.4, 0.5) is 6.01 Å². The van der Waals surface area contributed by atoms with Crippen LogP contribution >= 0.6 is 0 Å². The van der Waals surface area contributed by atoms with Crippen molar-refractivity contribution in [2.45, 2.75) is 6.42 Å². The van der Waals surface area contributed by atoms with E-state index in [0.29, 0.717) is 12.3 Å². The Morgan fingerprint density at radius 2 is 2.00 bits per heavy atom. The number of carbonyl (C=O) groups is 1. The summed E-state index contributed by atoms with van der Waals surface area (Å²) in [6.45, 7) is 0. The number of hydrogen-bond acceptors (Lipinski definition) is 6. The third-order valence-corrected chi connectivity index (χ3v) is 2.68. The molecule has 3 rings (SSSR count). The fourth-order valence-electron chi connectivity index (χ4n) is 1.72. The molecule has 0 radical (unpaired) electrons. The zero-order valence-electron chi connectivity index (χ0n) is 10.9. The highest BCUT2D eigenvalue weighted by Crippen LogP contribution is 2.11. The summed E-state index contributed by atoms with van der Waals surface area (Å²) in [7, 11) is 0. The third-order valence-electron chi connectivity index (χ3n) is 2.68. The van der Waals surface area contributed by atoms with Gasteiger partial charge in [0, 0.05) is 12.4 Å². The standard InChI is InChI=1S/C14H11N5O2/c20-13(11-9-15-6-7-16-11)17-14-19-18-12(21-14)8-10-4-2-1-3-5-10/h1-7,9H,8H2,(H,17,19,20). The molecule has 1 amide bonds. The normalized spacial score (nSPS) is 10.3. The van der Waals surface area contributed by atoms with Crippen LogP contribution in [0.15, 0.2) is 53.3 Å². The molecule has 0 saturated heterocycles. The van der Waals surface area contributed by atoms with Gasteiger partial charge in [-0.2, -0.15) is 0 Å². The molecule has 0 fully saturated rings. The quantitative estimate of drug-likeness (QED) is 0.782. The molecule has 1 N–H and O–H groups in total. The number of rotatable bonds is 4. The lowest BCUT2D eigenvalue weighted by atomic mass is 10.2. The van der Waals surface area contributed by atoms with Gasteiger partial charge >= 0.3 is 6.01 Å². The van der Waals surface area contributed by atoms with Crippen molar-refractivity contribution in [2.24, 2.45) is 0 Å². The first-order chi connectivity index (χ1) is 10.3. The van der Waals surface area contributed by atoms with Gasteiger partial charge in [-0.25, -0.2) is 4.98 Å². The van der Waals surface area contributed by atoms with Gasteiger partial charge in [0.15, 0.2) is 0 Å². The highest BCUT2D eigenvalue weighted by Gasteiger charge is 2.12. The number of amides is 1. The van der Waals surface area contributed by atoms with Gasteiger partial charge in [0.25, 0.3) is 5.91 Å². The first kappa shape index (κ1) is 12.9. The van der Waals surface area contributed by atoms with Crippen LogP contribution in [0.1, 0.15) is 21.9 Å². The lowest BCUT2D eigenvalue weighted by Crippen LogP contribution is -2.13. The van der Waals surface area contributed by atoms with Crippen LogP contribution in [0.3, 0.4) is 0 Å². The first-order valence-corrected chi connectivity index (χ1v) is 6.25. The molecule has 0 unspecified atom stereocenters. The summed E-state index contributed by atoms with van der Waals surface area (Å²) < 4.78 is 5.38. The van der Waals surface area contributed by atoms with Crippen molar-refractivity contribution in [2.75, 3.05) is 5.32 Å². The van der Waals surface area contributed by atoms with Gasteiger partial charge in [0.05, 0.1) is 12.6 Å². The predicted molar refractivity (Wildman–Crippen MR) is 73.5 cm³/mol. The van der Waals surface area contributed by atoms with Gasteiger partial charge in [-0.3, -0.25) is 15.1 Å². The summed E-state index contributed by atoms with van der Waals surface area (Å²) in [5.41, 5.74) is 1.23. The fourth-order valence-corrected chi connectivity index (χ4v) is 1.72. The van der Waals surface area contributed by atoms with Crippen LogP contribution in [-0.2, 0) is 6.42 Å². The Morgan fingerprint density at radius 1 is 1.14 bits per heavy atom. The van der Waals surface area contributed by atoms with Crippen molar-refractivity contribution < 1.29 is 9.21 Å². The van der Waals surface area contributed by atoms with Crippen molar-refractivity contribution >= 4 is 11.9 Å². The Balaban J connectivity index is 1.67. The summed E-state index contributed by atoms with van der Waals surface area (Å²) in [4.78, 5) is 19.5. The Hall–Kier alpha value is -3.09. The van der Waals surface area contributed by atoms with Crippen LogP contribution < -0.4 is 5.32 Å². The minimum absolute atomic E-state index is 0.0385. The van der Waals surface area contributed by atoms with E-state index in [-0.39, 0.29) is 11.7 Å². The molecule has 0 spiro atoms. The zero-order valence-corrected chi connectivity index (χ0v) is 10.9. The Bertz CT molecular complexity index is 727. The highest BCUT2D eigenvalue weighted by atomic mass is 16.4. The van der Waals surface area contributed by atoms with Crippen LogP contribution in [0.5, 0.6) is 0 Å². The van der Waals surface area contributed by atoms with Gasteiger partial charge < -0.3 is 4.42 Å². The first-order valence-electron chi connectivity index (χ1n) is 6.25. The summed E-state index contributed by atoms with van der Waals surface area (Å²) in [5, 5.41) is 10.2. The van der Waals surface area contributed by atoms with Crippen LogP contribution in [0.2, 0.25) is 0 Å². The summed E-state index contributed by atoms with van der Waals surface area (Å²) in [6, 6.07) is 9.76. The Morgan fingerprint density at radius 3 is 2.76 bits per heavy atom. The van der Waals surface area contributed by atoms with E-state index in [4.69, 9.17) is 4.42 Å². The summed E-state index contributed by atoms with van der Waals surface area (Å²) >= 11 is 0. The fraction of sp³-hybridized carbons (Fsp3) is 0.0714. The predicted octanol–water partition coefficient (Wildman–Crippen LogP) is 1.70. The molecular weight excluding hydrogens is 270 g/mol. The molecule has 0 bridgehead atoms. The number of hydrogen-bond donors (Lipinski definition) is 1. The second-order valence-corrected chi connectivity index (χ2v) is 4.21. The van der Waals surface area contributed by atoms with E-state index in [0.717, 1.165) is 5.56 Å². The topological polar surface area (TPSA) is 93.8 Å². The van der Waals surface area contributed by atoms with E-state index < -0.39 is 5.91 Å². The molecule has 2 aromatic heterocycles. The lowest BCUT2D eigenvalue weighted by molar-refractivity contribution is 0.101. The number of aromatic nitrogens is 4. The second-order valence-electron chi connectivity index (χ2n) is 4.21. The second kappa shape index (κ2) is 5.91. The number of anilines is 1. The zero-order chi connectivity index (χ0) is 14.5. The van der Waals surface area contributed by atoms with Gasteiger partial charge in [0.2, 0.25) is 5.89 Å². The van der Waals surface area contributed by atoms with Crippen molar-refractivity contribution in [3.63, 3.8) is 0 Å². The molecule has 0 aliphatic heterocycles. The third kappa shape index (κ3) is 3.27. The average Bonchev–Trinajstić information content (AvgIpc) is 2.96. The van der Waals surface area contributed by atoms with Crippen molar-refractivity contribution in [1.82, 2.24) is 20.2 Å². The van der Waals surface area contributed by atoms with E-state index in [1.807, 2.05) is 30.3 Å². The average molecular weight is 281 g/mol. The molecule has 2 heterocycles. The van der Waals surface area contributed by atoms with Crippen molar-refractivity contribution in [3.8, 4) is 0 Å². The van der Waals surface area contributed by atoms with Crippen LogP contribution in [0, 0.1) is 0 Å². The minimum Gasteiger partial charge on any atom is -0.407 e. The molecular formula is C14H11N5O2. The number of nitrogens with zero attached hydrogens (tertiary/aromatic N) is 4. The number of benzene rings is 1. The van der Waals surface area contributed by atoms with E-state index in [2.05, 4.69) is 25.5 Å². The molecule has 0 aliphatic carbocycles. The molecule has 0 aliphatic rings. The van der Waals surface area contributed by atoms with Gasteiger partial charge in [-0.15, -0.1) is 5.10 Å². The lowest BCUT2D eigenvalue weighted by Gasteiger charge is -1.98. The van der Waals surface area contributed by atoms with Gasteiger partial charge in [-0.1, -0.05) is 35.4 Å². The smallest absolute Gasteiger partial charge is 0.322 e. The SMILES string of the molecule is O=C(Nc1nnc(Cc2ccccc2)o1)c1cnccn1. The monoisotopic (exact) mass is 281 g/mol. The molecule has 104 valence electrons. The Labute approximate surface area is 120 Å². The molecule has 1 aromatic carbocycles. The van der Waals surface area contributed by atoms with Crippen LogP contribution in [-0.4, -0.2) is 26.1 Å².